The standard InChI is InChI=1S/C21H27N3O5S/c25-13-14-3-7-24(8-4-14)12-17(26)22-21-23-18(16-2-1-9-29-16)20(30-21)19(27)15-5-10-28-11-6-15/h1-2,9,14-15,25H,3-8,10-13H2,(H,22,23,26). The van der Waals surface area contributed by atoms with Gasteiger partial charge in [-0.15, -0.1) is 0 Å². The van der Waals surface area contributed by atoms with E-state index in [1.54, 1.807) is 18.4 Å². The van der Waals surface area contributed by atoms with E-state index in [2.05, 4.69) is 15.2 Å². The Labute approximate surface area is 179 Å². The van der Waals surface area contributed by atoms with Crippen LogP contribution in [0.15, 0.2) is 22.8 Å². The van der Waals surface area contributed by atoms with Crippen LogP contribution in [0.25, 0.3) is 11.5 Å². The molecule has 0 radical (unpaired) electrons. The average Bonchev–Trinajstić information content (AvgIpc) is 3.44. The van der Waals surface area contributed by atoms with E-state index < -0.39 is 0 Å². The first-order valence-corrected chi connectivity index (χ1v) is 11.3. The molecule has 2 saturated heterocycles. The highest BCUT2D eigenvalue weighted by Gasteiger charge is 2.29. The first kappa shape index (κ1) is 21.2. The molecular weight excluding hydrogens is 406 g/mol. The number of ketones is 1. The molecule has 30 heavy (non-hydrogen) atoms. The summed E-state index contributed by atoms with van der Waals surface area (Å²) in [6, 6.07) is 3.53. The number of anilines is 1. The summed E-state index contributed by atoms with van der Waals surface area (Å²) in [6.45, 7) is 3.24. The van der Waals surface area contributed by atoms with E-state index in [1.165, 1.54) is 11.3 Å². The minimum Gasteiger partial charge on any atom is -0.463 e. The Morgan fingerprint density at radius 3 is 2.67 bits per heavy atom. The minimum atomic E-state index is -0.151. The van der Waals surface area contributed by atoms with E-state index in [4.69, 9.17) is 9.15 Å². The van der Waals surface area contributed by atoms with E-state index in [0.29, 0.717) is 53.4 Å². The number of piperidine rings is 1. The van der Waals surface area contributed by atoms with Crippen molar-refractivity contribution in [1.29, 1.82) is 0 Å². The lowest BCUT2D eigenvalue weighted by Gasteiger charge is -2.30. The summed E-state index contributed by atoms with van der Waals surface area (Å²) >= 11 is 1.21. The van der Waals surface area contributed by atoms with Gasteiger partial charge in [0.25, 0.3) is 0 Å². The highest BCUT2D eigenvalue weighted by atomic mass is 32.1. The van der Waals surface area contributed by atoms with E-state index >= 15 is 0 Å². The Hall–Kier alpha value is -2.07. The SMILES string of the molecule is O=C(CN1CCC(CO)CC1)Nc1nc(-c2ccco2)c(C(=O)C2CCOCC2)s1. The van der Waals surface area contributed by atoms with Gasteiger partial charge in [0.15, 0.2) is 16.7 Å². The number of aromatic nitrogens is 1. The van der Waals surface area contributed by atoms with Crippen molar-refractivity contribution in [2.24, 2.45) is 11.8 Å². The highest BCUT2D eigenvalue weighted by molar-refractivity contribution is 7.18. The summed E-state index contributed by atoms with van der Waals surface area (Å²) < 4.78 is 10.9. The quantitative estimate of drug-likeness (QED) is 0.647. The smallest absolute Gasteiger partial charge is 0.240 e. The summed E-state index contributed by atoms with van der Waals surface area (Å²) in [5.41, 5.74) is 0.487. The highest BCUT2D eigenvalue weighted by Crippen LogP contribution is 2.35. The van der Waals surface area contributed by atoms with E-state index in [9.17, 15) is 14.7 Å². The summed E-state index contributed by atoms with van der Waals surface area (Å²) in [6.07, 6.45) is 4.73. The van der Waals surface area contributed by atoms with Crippen molar-refractivity contribution < 1.29 is 23.8 Å². The number of Topliss-reactive ketones (excluding diaryl/α,β-unsaturated/α-hetero) is 1. The molecule has 0 unspecified atom stereocenters. The lowest BCUT2D eigenvalue weighted by atomic mass is 9.94. The maximum Gasteiger partial charge on any atom is 0.240 e. The van der Waals surface area contributed by atoms with Crippen LogP contribution in [0.2, 0.25) is 0 Å². The number of nitrogens with zero attached hydrogens (tertiary/aromatic N) is 2. The van der Waals surface area contributed by atoms with Gasteiger partial charge in [-0.05, 0) is 56.8 Å². The number of hydrogen-bond acceptors (Lipinski definition) is 8. The van der Waals surface area contributed by atoms with Gasteiger partial charge in [-0.1, -0.05) is 11.3 Å². The Morgan fingerprint density at radius 2 is 2.00 bits per heavy atom. The molecule has 0 spiro atoms. The average molecular weight is 434 g/mol. The van der Waals surface area contributed by atoms with Crippen molar-refractivity contribution in [2.45, 2.75) is 25.7 Å². The molecular formula is C21H27N3O5S. The largest absolute Gasteiger partial charge is 0.463 e. The monoisotopic (exact) mass is 433 g/mol. The van der Waals surface area contributed by atoms with Crippen molar-refractivity contribution in [3.63, 3.8) is 0 Å². The molecule has 2 aromatic rings. The van der Waals surface area contributed by atoms with Gasteiger partial charge in [-0.3, -0.25) is 14.5 Å². The molecule has 4 rings (SSSR count). The van der Waals surface area contributed by atoms with Crippen LogP contribution < -0.4 is 5.32 Å². The Morgan fingerprint density at radius 1 is 1.23 bits per heavy atom. The molecule has 4 heterocycles. The molecule has 9 heteroatoms. The van der Waals surface area contributed by atoms with Gasteiger partial charge in [0, 0.05) is 25.7 Å². The number of aliphatic hydroxyl groups excluding tert-OH is 1. The number of rotatable bonds is 7. The molecule has 0 bridgehead atoms. The second kappa shape index (κ2) is 9.82. The Balaban J connectivity index is 1.45. The Bertz CT molecular complexity index is 852. The molecule has 2 aromatic heterocycles. The predicted octanol–water partition coefficient (Wildman–Crippen LogP) is 2.66. The van der Waals surface area contributed by atoms with Crippen LogP contribution in [-0.2, 0) is 9.53 Å². The van der Waals surface area contributed by atoms with Gasteiger partial charge in [-0.2, -0.15) is 0 Å². The number of amides is 1. The summed E-state index contributed by atoms with van der Waals surface area (Å²) in [5, 5.41) is 12.5. The number of carbonyl (C=O) groups excluding carboxylic acids is 2. The zero-order valence-electron chi connectivity index (χ0n) is 16.8. The Kier molecular flexibility index (Phi) is 6.93. The van der Waals surface area contributed by atoms with Gasteiger partial charge in [0.1, 0.15) is 10.6 Å². The number of thiazole rings is 1. The second-order valence-corrected chi connectivity index (χ2v) is 8.87. The second-order valence-electron chi connectivity index (χ2n) is 7.88. The fourth-order valence-electron chi connectivity index (χ4n) is 3.96. The van der Waals surface area contributed by atoms with Crippen LogP contribution in [0.5, 0.6) is 0 Å². The van der Waals surface area contributed by atoms with Crippen molar-refractivity contribution >= 4 is 28.2 Å². The van der Waals surface area contributed by atoms with Crippen molar-refractivity contribution in [3.8, 4) is 11.5 Å². The number of likely N-dealkylation sites (tertiary alicyclic amines) is 1. The fourth-order valence-corrected chi connectivity index (χ4v) is 4.96. The van der Waals surface area contributed by atoms with Crippen LogP contribution >= 0.6 is 11.3 Å². The van der Waals surface area contributed by atoms with Crippen LogP contribution in [0.3, 0.4) is 0 Å². The number of ether oxygens (including phenoxy) is 1. The van der Waals surface area contributed by atoms with Gasteiger partial charge >= 0.3 is 0 Å². The molecule has 0 saturated carbocycles. The van der Waals surface area contributed by atoms with Crippen molar-refractivity contribution in [2.75, 3.05) is 44.8 Å². The van der Waals surface area contributed by atoms with Crippen molar-refractivity contribution in [3.05, 3.63) is 23.3 Å². The summed E-state index contributed by atoms with van der Waals surface area (Å²) in [7, 11) is 0. The maximum absolute atomic E-state index is 13.1. The summed E-state index contributed by atoms with van der Waals surface area (Å²) in [4.78, 5) is 32.8. The van der Waals surface area contributed by atoms with E-state index in [0.717, 1.165) is 25.9 Å². The third-order valence-corrected chi connectivity index (χ3v) is 6.76. The fraction of sp³-hybridized carbons (Fsp3) is 0.571. The van der Waals surface area contributed by atoms with Crippen molar-refractivity contribution in [1.82, 2.24) is 9.88 Å². The molecule has 0 aromatic carbocycles. The molecule has 1 amide bonds. The molecule has 2 fully saturated rings. The normalized spacial score (nSPS) is 19.1. The zero-order chi connectivity index (χ0) is 20.9. The number of nitrogens with one attached hydrogen (secondary N) is 1. The first-order chi connectivity index (χ1) is 14.6. The zero-order valence-corrected chi connectivity index (χ0v) is 17.7. The number of aliphatic hydroxyl groups is 1. The van der Waals surface area contributed by atoms with Crippen LogP contribution in [-0.4, -0.2) is 66.1 Å². The predicted molar refractivity (Wildman–Crippen MR) is 113 cm³/mol. The van der Waals surface area contributed by atoms with E-state index in [-0.39, 0.29) is 30.8 Å². The molecule has 162 valence electrons. The third kappa shape index (κ3) is 4.97. The molecule has 2 N–H and O–H groups in total. The molecule has 2 aliphatic heterocycles. The number of carbonyl (C=O) groups is 2. The first-order valence-electron chi connectivity index (χ1n) is 10.4. The van der Waals surface area contributed by atoms with Gasteiger partial charge in [0.2, 0.25) is 5.91 Å². The molecule has 0 atom stereocenters. The van der Waals surface area contributed by atoms with Gasteiger partial charge in [-0.25, -0.2) is 4.98 Å². The summed E-state index contributed by atoms with van der Waals surface area (Å²) in [5.74, 6) is 0.645. The van der Waals surface area contributed by atoms with Crippen LogP contribution in [0.4, 0.5) is 5.13 Å². The minimum absolute atomic E-state index is 0.0359. The van der Waals surface area contributed by atoms with Gasteiger partial charge < -0.3 is 19.6 Å². The molecule has 0 aliphatic carbocycles. The number of hydrogen-bond donors (Lipinski definition) is 2. The van der Waals surface area contributed by atoms with Crippen LogP contribution in [0.1, 0.15) is 35.4 Å². The van der Waals surface area contributed by atoms with E-state index in [1.807, 2.05) is 0 Å². The van der Waals surface area contributed by atoms with Crippen LogP contribution in [0, 0.1) is 11.8 Å². The lowest BCUT2D eigenvalue weighted by Crippen LogP contribution is -2.39. The third-order valence-electron chi connectivity index (χ3n) is 5.78. The topological polar surface area (TPSA) is 105 Å². The maximum atomic E-state index is 13.1. The molecule has 2 aliphatic rings. The lowest BCUT2D eigenvalue weighted by molar-refractivity contribution is -0.117. The molecule has 8 nitrogen and oxygen atoms in total. The van der Waals surface area contributed by atoms with Gasteiger partial charge in [0.05, 0.1) is 12.8 Å². The number of furan rings is 1.